The molecule has 7 rings (SSSR count). The van der Waals surface area contributed by atoms with Crippen LogP contribution in [0, 0.1) is 87.3 Å². The summed E-state index contributed by atoms with van der Waals surface area (Å²) in [5.41, 5.74) is -7.35. The molecule has 0 bridgehead atoms. The molecule has 0 spiro atoms. The van der Waals surface area contributed by atoms with E-state index in [1.54, 1.807) is 0 Å². The van der Waals surface area contributed by atoms with E-state index in [4.69, 9.17) is 13.3 Å². The summed E-state index contributed by atoms with van der Waals surface area (Å²) in [6, 6.07) is 1.64. The second-order valence-corrected chi connectivity index (χ2v) is 9.90. The van der Waals surface area contributed by atoms with Gasteiger partial charge in [-0.05, 0) is 18.2 Å². The molecule has 0 amide bonds. The van der Waals surface area contributed by atoms with Crippen LogP contribution in [-0.4, -0.2) is 0 Å². The van der Waals surface area contributed by atoms with E-state index in [1.165, 1.54) is 0 Å². The lowest BCUT2D eigenvalue weighted by Crippen LogP contribution is -2.03. The van der Waals surface area contributed by atoms with Crippen LogP contribution in [0.1, 0.15) is 0 Å². The molecule has 0 radical (unpaired) electrons. The van der Waals surface area contributed by atoms with E-state index in [0.29, 0.717) is 18.2 Å². The van der Waals surface area contributed by atoms with E-state index in [-0.39, 0.29) is 0 Å². The van der Waals surface area contributed by atoms with Gasteiger partial charge in [-0.3, -0.25) is 0 Å². The molecule has 0 saturated carbocycles. The fourth-order valence-electron chi connectivity index (χ4n) is 5.11. The first-order valence-corrected chi connectivity index (χ1v) is 12.5. The van der Waals surface area contributed by atoms with Crippen molar-refractivity contribution in [3.05, 3.63) is 105 Å². The number of hydrogen-bond acceptors (Lipinski definition) is 3. The lowest BCUT2D eigenvalue weighted by atomic mass is 10.1. The van der Waals surface area contributed by atoms with Crippen LogP contribution >= 0.6 is 0 Å². The molecule has 0 saturated heterocycles. The summed E-state index contributed by atoms with van der Waals surface area (Å²) in [5.74, 6) is -40.3. The largest absolute Gasteiger partial charge is 0.455 e. The van der Waals surface area contributed by atoms with Gasteiger partial charge in [0.15, 0.2) is 69.8 Å². The predicted octanol–water partition coefficient (Wildman–Crippen LogP) is 11.0. The number of halogens is 15. The first-order valence-electron chi connectivity index (χ1n) is 12.5. The fourth-order valence-corrected chi connectivity index (χ4v) is 5.11. The number of hydrogen-bond donors (Lipinski definition) is 0. The van der Waals surface area contributed by atoms with Gasteiger partial charge in [-0.2, -0.15) is 0 Å². The molecule has 3 heterocycles. The van der Waals surface area contributed by atoms with Crippen molar-refractivity contribution in [3.8, 4) is 34.0 Å². The molecule has 0 atom stereocenters. The average Bonchev–Trinajstić information content (AvgIpc) is 3.80. The monoisotopic (exact) mass is 696 g/mol. The molecule has 0 aliphatic carbocycles. The van der Waals surface area contributed by atoms with E-state index in [9.17, 15) is 65.9 Å². The molecule has 3 aromatic heterocycles. The number of benzene rings is 4. The zero-order valence-corrected chi connectivity index (χ0v) is 22.1. The summed E-state index contributed by atoms with van der Waals surface area (Å²) in [4.78, 5) is 0. The van der Waals surface area contributed by atoms with E-state index in [2.05, 4.69) is 0 Å². The molecule has 3 nitrogen and oxygen atoms in total. The third kappa shape index (κ3) is 3.94. The second kappa shape index (κ2) is 10.2. The Bertz CT molecular complexity index is 2110. The highest BCUT2D eigenvalue weighted by Gasteiger charge is 2.34. The highest BCUT2D eigenvalue weighted by Crippen LogP contribution is 2.47. The molecular formula is C30H3F15O3. The van der Waals surface area contributed by atoms with E-state index >= 15 is 0 Å². The maximum Gasteiger partial charge on any atom is 0.200 e. The lowest BCUT2D eigenvalue weighted by Gasteiger charge is -2.05. The molecule has 0 aliphatic heterocycles. The first kappa shape index (κ1) is 31.1. The summed E-state index contributed by atoms with van der Waals surface area (Å²) in [6.07, 6.45) is 0. The van der Waals surface area contributed by atoms with Gasteiger partial charge in [0.25, 0.3) is 0 Å². The molecule has 0 unspecified atom stereocenters. The molecule has 0 N–H and O–H groups in total. The molecule has 7 aromatic rings. The number of furan rings is 3. The van der Waals surface area contributed by atoms with Crippen LogP contribution in [0.25, 0.3) is 66.9 Å². The smallest absolute Gasteiger partial charge is 0.200 e. The summed E-state index contributed by atoms with van der Waals surface area (Å²) < 4.78 is 229. The second-order valence-electron chi connectivity index (χ2n) is 9.90. The highest BCUT2D eigenvalue weighted by molar-refractivity contribution is 6.22. The van der Waals surface area contributed by atoms with Crippen molar-refractivity contribution < 1.29 is 79.1 Å². The molecule has 0 fully saturated rings. The lowest BCUT2D eigenvalue weighted by molar-refractivity contribution is 0.379. The van der Waals surface area contributed by atoms with Crippen LogP contribution in [0.4, 0.5) is 65.9 Å². The van der Waals surface area contributed by atoms with Crippen LogP contribution in [0.2, 0.25) is 0 Å². The van der Waals surface area contributed by atoms with Gasteiger partial charge in [-0.25, -0.2) is 65.9 Å². The van der Waals surface area contributed by atoms with Crippen LogP contribution in [0.15, 0.2) is 31.5 Å². The molecular weight excluding hydrogens is 693 g/mol. The van der Waals surface area contributed by atoms with E-state index < -0.39 is 154 Å². The quantitative estimate of drug-likeness (QED) is 0.105. The van der Waals surface area contributed by atoms with Gasteiger partial charge in [-0.15, -0.1) is 0 Å². The van der Waals surface area contributed by atoms with Gasteiger partial charge in [0.1, 0.15) is 34.0 Å². The molecule has 18 heteroatoms. The normalized spacial score (nSPS) is 12.1. The van der Waals surface area contributed by atoms with Crippen molar-refractivity contribution in [1.29, 1.82) is 0 Å². The average molecular weight is 696 g/mol. The molecule has 246 valence electrons. The Labute approximate surface area is 252 Å². The standard InChI is InChI=1S/C30H3F15O3/c31-13-10(14(32)20(38)25(43)19(13)37)7-1-4-28(46-7)5-2-9(12-17(35)23(41)27(45)24(42)18(12)36)48-30(5)6-3-8(47-29(4)6)11-15(33)21(39)26(44)22(40)16(11)34/h1-3H. The van der Waals surface area contributed by atoms with Gasteiger partial charge < -0.3 is 13.3 Å². The van der Waals surface area contributed by atoms with Gasteiger partial charge in [-0.1, -0.05) is 0 Å². The van der Waals surface area contributed by atoms with Crippen molar-refractivity contribution in [2.75, 3.05) is 0 Å². The van der Waals surface area contributed by atoms with Crippen molar-refractivity contribution in [1.82, 2.24) is 0 Å². The van der Waals surface area contributed by atoms with Crippen LogP contribution < -0.4 is 0 Å². The number of rotatable bonds is 3. The highest BCUT2D eigenvalue weighted by atomic mass is 19.2. The minimum Gasteiger partial charge on any atom is -0.455 e. The Hall–Kier alpha value is -5.55. The first-order chi connectivity index (χ1) is 22.6. The summed E-state index contributed by atoms with van der Waals surface area (Å²) in [7, 11) is 0. The molecule has 4 aromatic carbocycles. The van der Waals surface area contributed by atoms with Gasteiger partial charge in [0.05, 0.1) is 32.8 Å². The third-order valence-electron chi connectivity index (χ3n) is 7.30. The van der Waals surface area contributed by atoms with E-state index in [0.717, 1.165) is 0 Å². The van der Waals surface area contributed by atoms with Crippen molar-refractivity contribution in [2.45, 2.75) is 0 Å². The van der Waals surface area contributed by atoms with Gasteiger partial charge in [0.2, 0.25) is 17.5 Å². The Balaban J connectivity index is 1.63. The summed E-state index contributed by atoms with van der Waals surface area (Å²) >= 11 is 0. The third-order valence-corrected chi connectivity index (χ3v) is 7.30. The minimum atomic E-state index is -2.56. The maximum absolute atomic E-state index is 14.7. The fraction of sp³-hybridized carbons (Fsp3) is 0. The van der Waals surface area contributed by atoms with Gasteiger partial charge >= 0.3 is 0 Å². The predicted molar refractivity (Wildman–Crippen MR) is 131 cm³/mol. The van der Waals surface area contributed by atoms with Crippen LogP contribution in [0.5, 0.6) is 0 Å². The van der Waals surface area contributed by atoms with Crippen LogP contribution in [-0.2, 0) is 0 Å². The number of fused-ring (bicyclic) bond motifs is 6. The van der Waals surface area contributed by atoms with Crippen molar-refractivity contribution in [3.63, 3.8) is 0 Å². The van der Waals surface area contributed by atoms with Crippen LogP contribution in [0.3, 0.4) is 0 Å². The topological polar surface area (TPSA) is 39.4 Å². The Morgan fingerprint density at radius 3 is 0.604 bits per heavy atom. The zero-order valence-electron chi connectivity index (χ0n) is 22.1. The maximum atomic E-state index is 14.7. The Morgan fingerprint density at radius 1 is 0.250 bits per heavy atom. The summed E-state index contributed by atoms with van der Waals surface area (Å²) in [6.45, 7) is 0. The van der Waals surface area contributed by atoms with Crippen molar-refractivity contribution >= 4 is 32.9 Å². The SMILES string of the molecule is Fc1c(F)c(F)c(-c2cc3c(o2)c2cc(-c4c(F)c(F)c(F)c(F)c4F)oc2c2cc(-c4c(F)c(F)c(F)c(F)c4F)oc32)c(F)c1F. The van der Waals surface area contributed by atoms with E-state index in [1.807, 2.05) is 0 Å². The Kier molecular flexibility index (Phi) is 6.62. The minimum absolute atomic E-state index is 0.548. The Morgan fingerprint density at radius 2 is 0.417 bits per heavy atom. The van der Waals surface area contributed by atoms with Gasteiger partial charge in [0, 0.05) is 0 Å². The zero-order chi connectivity index (χ0) is 34.8. The molecule has 48 heavy (non-hydrogen) atoms. The van der Waals surface area contributed by atoms with Crippen molar-refractivity contribution in [2.24, 2.45) is 0 Å². The summed E-state index contributed by atoms with van der Waals surface area (Å²) in [5, 5.41) is -1.80. The molecule has 0 aliphatic rings.